The van der Waals surface area contributed by atoms with Gasteiger partial charge in [0.05, 0.1) is 11.4 Å². The van der Waals surface area contributed by atoms with Gasteiger partial charge in [-0.3, -0.25) is 4.79 Å². The Kier molecular flexibility index (Phi) is 4.27. The molecule has 1 saturated heterocycles. The second kappa shape index (κ2) is 5.67. The van der Waals surface area contributed by atoms with Crippen molar-refractivity contribution in [1.82, 2.24) is 4.31 Å². The van der Waals surface area contributed by atoms with E-state index in [0.29, 0.717) is 4.31 Å². The summed E-state index contributed by atoms with van der Waals surface area (Å²) in [6, 6.07) is 3.18. The fourth-order valence-electron chi connectivity index (χ4n) is 1.86. The van der Waals surface area contributed by atoms with Crippen LogP contribution in [0, 0.1) is 0 Å². The molecule has 6 nitrogen and oxygen atoms in total. The summed E-state index contributed by atoms with van der Waals surface area (Å²) in [5, 5.41) is 0.455. The Morgan fingerprint density at radius 2 is 1.76 bits per heavy atom. The lowest BCUT2D eigenvalue weighted by molar-refractivity contribution is -0.116. The summed E-state index contributed by atoms with van der Waals surface area (Å²) < 4.78 is 24.3. The third kappa shape index (κ3) is 3.04. The van der Waals surface area contributed by atoms with Gasteiger partial charge in [-0.2, -0.15) is 0 Å². The van der Waals surface area contributed by atoms with Crippen molar-refractivity contribution in [2.75, 3.05) is 17.2 Å². The summed E-state index contributed by atoms with van der Waals surface area (Å²) in [4.78, 5) is 24.9. The van der Waals surface area contributed by atoms with Gasteiger partial charge < -0.3 is 0 Å². The largest absolute Gasteiger partial charge is 0.345 e. The van der Waals surface area contributed by atoms with Crippen molar-refractivity contribution in [3.63, 3.8) is 0 Å². The Bertz CT molecular complexity index is 713. The maximum absolute atomic E-state index is 12.2. The van der Waals surface area contributed by atoms with Crippen LogP contribution in [-0.4, -0.2) is 37.0 Å². The highest BCUT2D eigenvalue weighted by molar-refractivity contribution is 7.89. The third-order valence-electron chi connectivity index (χ3n) is 2.70. The number of anilines is 1. The summed E-state index contributed by atoms with van der Waals surface area (Å²) in [7, 11) is -3.92. The summed E-state index contributed by atoms with van der Waals surface area (Å²) in [6.45, 7) is 2.75. The van der Waals surface area contributed by atoms with Crippen LogP contribution >= 0.6 is 23.2 Å². The maximum Gasteiger partial charge on any atom is 0.345 e. The molecule has 1 fully saturated rings. The molecule has 0 atom stereocenters. The van der Waals surface area contributed by atoms with Gasteiger partial charge in [0.2, 0.25) is 10.0 Å². The summed E-state index contributed by atoms with van der Waals surface area (Å²) >= 11 is 11.6. The number of benzene rings is 1. The fraction of sp³-hybridized carbons (Fsp3) is 0.167. The van der Waals surface area contributed by atoms with Crippen LogP contribution in [0.3, 0.4) is 0 Å². The number of urea groups is 1. The molecule has 112 valence electrons. The Morgan fingerprint density at radius 1 is 1.19 bits per heavy atom. The number of nitrogens with zero attached hydrogens (tertiary/aromatic N) is 2. The molecule has 0 spiro atoms. The minimum Gasteiger partial charge on any atom is -0.272 e. The second-order valence-corrected chi connectivity index (χ2v) is 7.02. The third-order valence-corrected chi connectivity index (χ3v) is 4.75. The monoisotopic (exact) mass is 348 g/mol. The Labute approximate surface area is 131 Å². The zero-order chi connectivity index (χ0) is 15.8. The van der Waals surface area contributed by atoms with Crippen molar-refractivity contribution in [2.24, 2.45) is 0 Å². The normalized spacial score (nSPS) is 15.7. The van der Waals surface area contributed by atoms with Crippen molar-refractivity contribution in [3.8, 4) is 0 Å². The Morgan fingerprint density at radius 3 is 2.29 bits per heavy atom. The highest BCUT2D eigenvalue weighted by Crippen LogP contribution is 2.29. The summed E-state index contributed by atoms with van der Waals surface area (Å²) in [5.74, 6) is -1.11. The number of sulfonamides is 1. The van der Waals surface area contributed by atoms with Gasteiger partial charge in [-0.25, -0.2) is 22.4 Å². The lowest BCUT2D eigenvalue weighted by Crippen LogP contribution is -2.37. The Balaban J connectivity index is 2.41. The van der Waals surface area contributed by atoms with Gasteiger partial charge in [0, 0.05) is 10.0 Å². The van der Waals surface area contributed by atoms with E-state index in [-0.39, 0.29) is 15.7 Å². The van der Waals surface area contributed by atoms with Crippen molar-refractivity contribution < 1.29 is 18.0 Å². The SMILES string of the molecule is C=CCS(=O)(=O)N1CC(=O)N(c2cc(Cl)cc(Cl)c2)C1=O. The van der Waals surface area contributed by atoms with Gasteiger partial charge in [0.25, 0.3) is 5.91 Å². The maximum atomic E-state index is 12.2. The topological polar surface area (TPSA) is 74.8 Å². The highest BCUT2D eigenvalue weighted by atomic mass is 35.5. The first-order chi connectivity index (χ1) is 9.76. The summed E-state index contributed by atoms with van der Waals surface area (Å²) in [6.07, 6.45) is 1.14. The van der Waals surface area contributed by atoms with Crippen molar-refractivity contribution in [2.45, 2.75) is 0 Å². The molecule has 0 unspecified atom stereocenters. The van der Waals surface area contributed by atoms with Crippen LogP contribution in [0.5, 0.6) is 0 Å². The molecular weight excluding hydrogens is 339 g/mol. The molecule has 0 aliphatic carbocycles. The van der Waals surface area contributed by atoms with Crippen LogP contribution in [0.15, 0.2) is 30.9 Å². The minimum absolute atomic E-state index is 0.124. The molecule has 1 heterocycles. The number of amides is 3. The van der Waals surface area contributed by atoms with Crippen molar-refractivity contribution in [3.05, 3.63) is 40.9 Å². The number of hydrogen-bond donors (Lipinski definition) is 0. The van der Waals surface area contributed by atoms with E-state index in [1.807, 2.05) is 0 Å². The van der Waals surface area contributed by atoms with Crippen LogP contribution in [0.25, 0.3) is 0 Å². The number of halogens is 2. The van der Waals surface area contributed by atoms with Gasteiger partial charge in [-0.1, -0.05) is 29.3 Å². The zero-order valence-electron chi connectivity index (χ0n) is 10.6. The van der Waals surface area contributed by atoms with E-state index in [0.717, 1.165) is 11.0 Å². The van der Waals surface area contributed by atoms with Gasteiger partial charge in [-0.05, 0) is 18.2 Å². The number of imide groups is 1. The van der Waals surface area contributed by atoms with Crippen LogP contribution in [0.1, 0.15) is 0 Å². The summed E-state index contributed by atoms with van der Waals surface area (Å²) in [5.41, 5.74) is 0.124. The predicted octanol–water partition coefficient (Wildman–Crippen LogP) is 2.28. The molecule has 0 bridgehead atoms. The molecule has 1 aliphatic rings. The van der Waals surface area contributed by atoms with Crippen molar-refractivity contribution in [1.29, 1.82) is 0 Å². The molecule has 3 amide bonds. The van der Waals surface area contributed by atoms with E-state index in [2.05, 4.69) is 6.58 Å². The van der Waals surface area contributed by atoms with Gasteiger partial charge >= 0.3 is 6.03 Å². The van der Waals surface area contributed by atoms with Crippen LogP contribution in [0.4, 0.5) is 10.5 Å². The molecule has 0 aromatic heterocycles. The number of carbonyl (C=O) groups is 2. The lowest BCUT2D eigenvalue weighted by atomic mass is 10.3. The molecule has 9 heteroatoms. The molecule has 0 radical (unpaired) electrons. The molecule has 1 aromatic carbocycles. The first kappa shape index (κ1) is 15.8. The number of carbonyl (C=O) groups excluding carboxylic acids is 2. The second-order valence-electron chi connectivity index (χ2n) is 4.21. The van der Waals surface area contributed by atoms with Gasteiger partial charge in [0.1, 0.15) is 6.54 Å². The molecule has 1 aliphatic heterocycles. The minimum atomic E-state index is -3.92. The molecule has 2 rings (SSSR count). The standard InChI is InChI=1S/C12H10Cl2N2O4S/c1-2-3-21(19,20)15-7-11(17)16(12(15)18)10-5-8(13)4-9(14)6-10/h2,4-6H,1,3,7H2. The van der Waals surface area contributed by atoms with Gasteiger partial charge in [-0.15, -0.1) is 6.58 Å². The zero-order valence-corrected chi connectivity index (χ0v) is 13.0. The van der Waals surface area contributed by atoms with E-state index in [9.17, 15) is 18.0 Å². The number of rotatable bonds is 4. The molecule has 1 aromatic rings. The average Bonchev–Trinajstić information content (AvgIpc) is 2.64. The number of hydrogen-bond acceptors (Lipinski definition) is 4. The molecule has 0 saturated carbocycles. The molecule has 21 heavy (non-hydrogen) atoms. The first-order valence-corrected chi connectivity index (χ1v) is 8.07. The average molecular weight is 349 g/mol. The Hall–Kier alpha value is -1.57. The predicted molar refractivity (Wildman–Crippen MR) is 80.0 cm³/mol. The highest BCUT2D eigenvalue weighted by Gasteiger charge is 2.43. The van der Waals surface area contributed by atoms with Crippen LogP contribution in [0.2, 0.25) is 10.0 Å². The van der Waals surface area contributed by atoms with Gasteiger partial charge in [0.15, 0.2) is 0 Å². The van der Waals surface area contributed by atoms with Crippen LogP contribution < -0.4 is 4.90 Å². The van der Waals surface area contributed by atoms with E-state index < -0.39 is 34.3 Å². The van der Waals surface area contributed by atoms with E-state index in [1.54, 1.807) is 0 Å². The van der Waals surface area contributed by atoms with E-state index in [4.69, 9.17) is 23.2 Å². The molecular formula is C12H10Cl2N2O4S. The van der Waals surface area contributed by atoms with E-state index in [1.165, 1.54) is 18.2 Å². The quantitative estimate of drug-likeness (QED) is 0.617. The first-order valence-electron chi connectivity index (χ1n) is 5.70. The molecule has 0 N–H and O–H groups in total. The lowest BCUT2D eigenvalue weighted by Gasteiger charge is -2.17. The fourth-order valence-corrected chi connectivity index (χ4v) is 3.48. The smallest absolute Gasteiger partial charge is 0.272 e. The van der Waals surface area contributed by atoms with E-state index >= 15 is 0 Å². The van der Waals surface area contributed by atoms with Crippen LogP contribution in [-0.2, 0) is 14.8 Å². The van der Waals surface area contributed by atoms with Crippen molar-refractivity contribution >= 4 is 50.9 Å².